The van der Waals surface area contributed by atoms with E-state index in [1.165, 1.54) is 0 Å². The number of nitrogens with one attached hydrogen (secondary N) is 1. The first-order chi connectivity index (χ1) is 14.9. The number of carbonyl (C=O) groups excluding carboxylic acids is 1. The Balaban J connectivity index is 1.61. The highest BCUT2D eigenvalue weighted by Crippen LogP contribution is 2.26. The van der Waals surface area contributed by atoms with Crippen molar-refractivity contribution >= 4 is 40.7 Å². The zero-order chi connectivity index (χ0) is 22.0. The summed E-state index contributed by atoms with van der Waals surface area (Å²) in [5.41, 5.74) is 3.52. The van der Waals surface area contributed by atoms with Gasteiger partial charge in [-0.3, -0.25) is 4.79 Å². The standard InChI is InChI=1S/C23H19Cl3N4O/c1-29-12-4-7-21(29)19-14-22(30(28-19)20-6-3-2-5-17(20)25)23(31)27-11-10-15-8-9-16(24)13-18(15)26/h2-9,12-14H,10-11H2,1H3,(H,27,31). The maximum atomic E-state index is 13.1. The van der Waals surface area contributed by atoms with Gasteiger partial charge in [0.15, 0.2) is 0 Å². The predicted molar refractivity (Wildman–Crippen MR) is 125 cm³/mol. The molecule has 0 spiro atoms. The summed E-state index contributed by atoms with van der Waals surface area (Å²) in [6, 6.07) is 18.3. The molecule has 2 aromatic carbocycles. The second-order valence-electron chi connectivity index (χ2n) is 7.02. The number of carbonyl (C=O) groups is 1. The molecule has 4 rings (SSSR count). The molecule has 0 aliphatic carbocycles. The van der Waals surface area contributed by atoms with Crippen molar-refractivity contribution in [3.05, 3.63) is 93.2 Å². The lowest BCUT2D eigenvalue weighted by Gasteiger charge is -2.10. The molecule has 0 saturated heterocycles. The topological polar surface area (TPSA) is 51.9 Å². The molecule has 0 atom stereocenters. The minimum atomic E-state index is -0.252. The van der Waals surface area contributed by atoms with Gasteiger partial charge in [-0.05, 0) is 54.4 Å². The van der Waals surface area contributed by atoms with E-state index in [0.717, 1.165) is 11.3 Å². The average Bonchev–Trinajstić information content (AvgIpc) is 3.36. The normalized spacial score (nSPS) is 11.0. The molecule has 8 heteroatoms. The predicted octanol–water partition coefficient (Wildman–Crippen LogP) is 5.81. The number of hydrogen-bond donors (Lipinski definition) is 1. The summed E-state index contributed by atoms with van der Waals surface area (Å²) in [5.74, 6) is -0.252. The Hall–Kier alpha value is -2.73. The summed E-state index contributed by atoms with van der Waals surface area (Å²) in [4.78, 5) is 13.1. The van der Waals surface area contributed by atoms with Crippen molar-refractivity contribution in [2.45, 2.75) is 6.42 Å². The molecule has 1 N–H and O–H groups in total. The van der Waals surface area contributed by atoms with Crippen LogP contribution in [0.3, 0.4) is 0 Å². The highest BCUT2D eigenvalue weighted by molar-refractivity contribution is 6.35. The first kappa shape index (κ1) is 21.5. The number of para-hydroxylation sites is 1. The van der Waals surface area contributed by atoms with E-state index in [2.05, 4.69) is 10.4 Å². The van der Waals surface area contributed by atoms with Crippen LogP contribution in [0.4, 0.5) is 0 Å². The van der Waals surface area contributed by atoms with Gasteiger partial charge in [-0.25, -0.2) is 4.68 Å². The van der Waals surface area contributed by atoms with Crippen LogP contribution < -0.4 is 5.32 Å². The number of nitrogens with zero attached hydrogens (tertiary/aromatic N) is 3. The number of halogens is 3. The summed E-state index contributed by atoms with van der Waals surface area (Å²) in [7, 11) is 1.93. The largest absolute Gasteiger partial charge is 0.350 e. The molecule has 0 unspecified atom stereocenters. The van der Waals surface area contributed by atoms with Crippen molar-refractivity contribution in [2.75, 3.05) is 6.54 Å². The van der Waals surface area contributed by atoms with Crippen molar-refractivity contribution < 1.29 is 4.79 Å². The fraction of sp³-hybridized carbons (Fsp3) is 0.130. The van der Waals surface area contributed by atoms with E-state index in [0.29, 0.717) is 45.1 Å². The Kier molecular flexibility index (Phi) is 6.37. The number of amides is 1. The van der Waals surface area contributed by atoms with E-state index < -0.39 is 0 Å². The van der Waals surface area contributed by atoms with Crippen LogP contribution in [0, 0.1) is 0 Å². The van der Waals surface area contributed by atoms with Crippen LogP contribution in [0.2, 0.25) is 15.1 Å². The number of benzene rings is 2. The summed E-state index contributed by atoms with van der Waals surface area (Å²) >= 11 is 18.6. The van der Waals surface area contributed by atoms with Gasteiger partial charge >= 0.3 is 0 Å². The first-order valence-corrected chi connectivity index (χ1v) is 10.8. The molecular formula is C23H19Cl3N4O. The van der Waals surface area contributed by atoms with Gasteiger partial charge in [0.1, 0.15) is 11.4 Å². The van der Waals surface area contributed by atoms with E-state index in [1.54, 1.807) is 28.9 Å². The van der Waals surface area contributed by atoms with E-state index in [-0.39, 0.29) is 5.91 Å². The quantitative estimate of drug-likeness (QED) is 0.384. The lowest BCUT2D eigenvalue weighted by molar-refractivity contribution is 0.0946. The zero-order valence-electron chi connectivity index (χ0n) is 16.6. The van der Waals surface area contributed by atoms with Gasteiger partial charge in [-0.1, -0.05) is 53.0 Å². The van der Waals surface area contributed by atoms with Crippen molar-refractivity contribution in [2.24, 2.45) is 7.05 Å². The minimum absolute atomic E-state index is 0.252. The van der Waals surface area contributed by atoms with Gasteiger partial charge < -0.3 is 9.88 Å². The average molecular weight is 474 g/mol. The van der Waals surface area contributed by atoms with Gasteiger partial charge in [0.2, 0.25) is 0 Å². The molecule has 0 bridgehead atoms. The van der Waals surface area contributed by atoms with Crippen molar-refractivity contribution in [1.82, 2.24) is 19.7 Å². The Bertz CT molecular complexity index is 1250. The maximum absolute atomic E-state index is 13.1. The van der Waals surface area contributed by atoms with Crippen LogP contribution in [-0.4, -0.2) is 26.8 Å². The molecule has 158 valence electrons. The highest BCUT2D eigenvalue weighted by atomic mass is 35.5. The third-order valence-corrected chi connectivity index (χ3v) is 5.83. The molecule has 0 aliphatic heterocycles. The summed E-state index contributed by atoms with van der Waals surface area (Å²) in [6.45, 7) is 0.410. The van der Waals surface area contributed by atoms with Gasteiger partial charge in [0.05, 0.1) is 16.4 Å². The van der Waals surface area contributed by atoms with E-state index in [1.807, 2.05) is 54.2 Å². The van der Waals surface area contributed by atoms with Crippen molar-refractivity contribution in [1.29, 1.82) is 0 Å². The molecule has 5 nitrogen and oxygen atoms in total. The lowest BCUT2D eigenvalue weighted by Crippen LogP contribution is -2.28. The lowest BCUT2D eigenvalue weighted by atomic mass is 10.1. The zero-order valence-corrected chi connectivity index (χ0v) is 18.9. The molecule has 4 aromatic rings. The van der Waals surface area contributed by atoms with Crippen LogP contribution in [-0.2, 0) is 13.5 Å². The molecule has 2 aromatic heterocycles. The third-order valence-electron chi connectivity index (χ3n) is 4.92. The highest BCUT2D eigenvalue weighted by Gasteiger charge is 2.20. The monoisotopic (exact) mass is 472 g/mol. The van der Waals surface area contributed by atoms with E-state index in [4.69, 9.17) is 34.8 Å². The summed E-state index contributed by atoms with van der Waals surface area (Å²) in [5, 5.41) is 9.28. The van der Waals surface area contributed by atoms with Crippen LogP contribution in [0.15, 0.2) is 66.9 Å². The van der Waals surface area contributed by atoms with Gasteiger partial charge in [0.25, 0.3) is 5.91 Å². The van der Waals surface area contributed by atoms with Crippen LogP contribution in [0.25, 0.3) is 17.1 Å². The van der Waals surface area contributed by atoms with E-state index in [9.17, 15) is 4.79 Å². The van der Waals surface area contributed by atoms with Gasteiger partial charge in [-0.15, -0.1) is 0 Å². The smallest absolute Gasteiger partial charge is 0.270 e. The SMILES string of the molecule is Cn1cccc1-c1cc(C(=O)NCCc2ccc(Cl)cc2Cl)n(-c2ccccc2Cl)n1. The molecular weight excluding hydrogens is 455 g/mol. The number of rotatable bonds is 6. The van der Waals surface area contributed by atoms with Gasteiger partial charge in [0, 0.05) is 29.8 Å². The number of hydrogen-bond acceptors (Lipinski definition) is 2. The summed E-state index contributed by atoms with van der Waals surface area (Å²) < 4.78 is 3.53. The fourth-order valence-corrected chi connectivity index (χ4v) is 4.05. The summed E-state index contributed by atoms with van der Waals surface area (Å²) in [6.07, 6.45) is 2.51. The molecule has 2 heterocycles. The Morgan fingerprint density at radius 2 is 1.81 bits per heavy atom. The molecule has 1 amide bonds. The Labute approximate surface area is 195 Å². The van der Waals surface area contributed by atoms with Crippen LogP contribution in [0.5, 0.6) is 0 Å². The van der Waals surface area contributed by atoms with Crippen LogP contribution >= 0.6 is 34.8 Å². The Morgan fingerprint density at radius 3 is 2.52 bits per heavy atom. The molecule has 0 aliphatic rings. The number of aromatic nitrogens is 3. The second-order valence-corrected chi connectivity index (χ2v) is 8.27. The van der Waals surface area contributed by atoms with Crippen molar-refractivity contribution in [3.63, 3.8) is 0 Å². The molecule has 0 fully saturated rings. The fourth-order valence-electron chi connectivity index (χ4n) is 3.33. The molecule has 31 heavy (non-hydrogen) atoms. The first-order valence-electron chi connectivity index (χ1n) is 9.63. The van der Waals surface area contributed by atoms with Crippen LogP contribution in [0.1, 0.15) is 16.1 Å². The van der Waals surface area contributed by atoms with Gasteiger partial charge in [-0.2, -0.15) is 5.10 Å². The molecule has 0 saturated carbocycles. The van der Waals surface area contributed by atoms with E-state index >= 15 is 0 Å². The minimum Gasteiger partial charge on any atom is -0.350 e. The third kappa shape index (κ3) is 4.64. The molecule has 0 radical (unpaired) electrons. The Morgan fingerprint density at radius 1 is 1.00 bits per heavy atom. The van der Waals surface area contributed by atoms with Crippen molar-refractivity contribution in [3.8, 4) is 17.1 Å². The number of aryl methyl sites for hydroxylation is 1. The maximum Gasteiger partial charge on any atom is 0.270 e. The second kappa shape index (κ2) is 9.18.